The van der Waals surface area contributed by atoms with Gasteiger partial charge in [0.1, 0.15) is 0 Å². The van der Waals surface area contributed by atoms with Gasteiger partial charge >= 0.3 is 0 Å². The van der Waals surface area contributed by atoms with Gasteiger partial charge < -0.3 is 0 Å². The van der Waals surface area contributed by atoms with Crippen molar-refractivity contribution in [3.8, 4) is 0 Å². The van der Waals surface area contributed by atoms with Crippen LogP contribution in [-0.4, -0.2) is 5.78 Å². The number of halogens is 1. The second-order valence-electron chi connectivity index (χ2n) is 5.06. The quantitative estimate of drug-likeness (QED) is 0.698. The smallest absolute Gasteiger partial charge is 0.171 e. The minimum Gasteiger partial charge on any atom is -0.293 e. The van der Waals surface area contributed by atoms with E-state index in [9.17, 15) is 4.79 Å². The molecule has 0 fully saturated rings. The standard InChI is InChI=1S/C17H11BrO/c18-15-9-8-11-10-4-1-2-5-12(10)17(19)14-7-3-6-13(15)16(11)14/h1-9,14,16H/t14-,16+/m0/s1. The highest BCUT2D eigenvalue weighted by Gasteiger charge is 2.41. The average molecular weight is 311 g/mol. The molecule has 3 aliphatic carbocycles. The molecule has 0 aromatic heterocycles. The number of benzene rings is 1. The first-order valence-corrected chi connectivity index (χ1v) is 7.16. The zero-order valence-electron chi connectivity index (χ0n) is 10.1. The van der Waals surface area contributed by atoms with Crippen molar-refractivity contribution >= 4 is 27.3 Å². The lowest BCUT2D eigenvalue weighted by Gasteiger charge is -2.37. The van der Waals surface area contributed by atoms with Crippen LogP contribution in [0.3, 0.4) is 0 Å². The lowest BCUT2D eigenvalue weighted by atomic mass is 9.65. The molecule has 0 unspecified atom stereocenters. The highest BCUT2D eigenvalue weighted by molar-refractivity contribution is 9.12. The molecular formula is C17H11BrO. The normalized spacial score (nSPS) is 27.0. The molecule has 0 bridgehead atoms. The molecule has 1 aromatic carbocycles. The van der Waals surface area contributed by atoms with Crippen LogP contribution >= 0.6 is 15.9 Å². The van der Waals surface area contributed by atoms with E-state index in [0.29, 0.717) is 0 Å². The van der Waals surface area contributed by atoms with Crippen molar-refractivity contribution < 1.29 is 4.79 Å². The highest BCUT2D eigenvalue weighted by atomic mass is 79.9. The third-order valence-corrected chi connectivity index (χ3v) is 4.84. The van der Waals surface area contributed by atoms with Crippen molar-refractivity contribution in [1.29, 1.82) is 0 Å². The van der Waals surface area contributed by atoms with E-state index in [1.54, 1.807) is 0 Å². The van der Waals surface area contributed by atoms with Gasteiger partial charge in [0, 0.05) is 16.0 Å². The van der Waals surface area contributed by atoms with E-state index in [2.05, 4.69) is 40.2 Å². The van der Waals surface area contributed by atoms with Crippen LogP contribution in [0.4, 0.5) is 0 Å². The number of carbonyl (C=O) groups is 1. The van der Waals surface area contributed by atoms with Gasteiger partial charge in [0.15, 0.2) is 5.78 Å². The largest absolute Gasteiger partial charge is 0.293 e. The molecule has 1 nitrogen and oxygen atoms in total. The van der Waals surface area contributed by atoms with Crippen molar-refractivity contribution in [3.05, 3.63) is 75.8 Å². The number of fused-ring (bicyclic) bond motifs is 2. The zero-order valence-corrected chi connectivity index (χ0v) is 11.7. The summed E-state index contributed by atoms with van der Waals surface area (Å²) in [6.45, 7) is 0. The Bertz CT molecular complexity index is 719. The summed E-state index contributed by atoms with van der Waals surface area (Å²) in [6.07, 6.45) is 10.4. The Morgan fingerprint density at radius 3 is 2.58 bits per heavy atom. The van der Waals surface area contributed by atoms with Crippen LogP contribution in [-0.2, 0) is 0 Å². The van der Waals surface area contributed by atoms with E-state index < -0.39 is 0 Å². The van der Waals surface area contributed by atoms with Crippen molar-refractivity contribution in [2.24, 2.45) is 11.8 Å². The van der Waals surface area contributed by atoms with Crippen molar-refractivity contribution in [2.45, 2.75) is 0 Å². The van der Waals surface area contributed by atoms with E-state index in [0.717, 1.165) is 15.6 Å². The van der Waals surface area contributed by atoms with Gasteiger partial charge in [-0.25, -0.2) is 0 Å². The van der Waals surface area contributed by atoms with E-state index in [4.69, 9.17) is 0 Å². The predicted octanol–water partition coefficient (Wildman–Crippen LogP) is 4.29. The Morgan fingerprint density at radius 2 is 1.74 bits per heavy atom. The monoisotopic (exact) mass is 310 g/mol. The third kappa shape index (κ3) is 1.44. The topological polar surface area (TPSA) is 17.1 Å². The Morgan fingerprint density at radius 1 is 0.947 bits per heavy atom. The number of hydrogen-bond acceptors (Lipinski definition) is 1. The minimum absolute atomic E-state index is 0.0533. The van der Waals surface area contributed by atoms with Gasteiger partial charge in [-0.1, -0.05) is 64.5 Å². The van der Waals surface area contributed by atoms with Gasteiger partial charge in [-0.15, -0.1) is 0 Å². The zero-order chi connectivity index (χ0) is 13.0. The second kappa shape index (κ2) is 3.91. The fourth-order valence-electron chi connectivity index (χ4n) is 3.26. The van der Waals surface area contributed by atoms with Crippen molar-refractivity contribution in [3.63, 3.8) is 0 Å². The third-order valence-electron chi connectivity index (χ3n) is 4.11. The molecule has 2 heteroatoms. The summed E-state index contributed by atoms with van der Waals surface area (Å²) in [5.41, 5.74) is 4.42. The fraction of sp³-hybridized carbons (Fsp3) is 0.118. The van der Waals surface area contributed by atoms with Gasteiger partial charge in [-0.05, 0) is 22.8 Å². The number of Topliss-reactive ketones (excluding diaryl/α,β-unsaturated/α-hetero) is 1. The van der Waals surface area contributed by atoms with Crippen LogP contribution in [0.25, 0.3) is 5.57 Å². The first kappa shape index (κ1) is 11.2. The van der Waals surface area contributed by atoms with Gasteiger partial charge in [0.2, 0.25) is 0 Å². The van der Waals surface area contributed by atoms with Crippen molar-refractivity contribution in [1.82, 2.24) is 0 Å². The molecule has 92 valence electrons. The fourth-order valence-corrected chi connectivity index (χ4v) is 3.78. The molecule has 0 spiro atoms. The number of carbonyl (C=O) groups excluding carboxylic acids is 1. The SMILES string of the molecule is O=C1c2ccccc2C2=CC=C(Br)C3=CC=C[C@H]1[C@@H]32. The Labute approximate surface area is 120 Å². The van der Waals surface area contributed by atoms with E-state index in [1.165, 1.54) is 11.1 Å². The minimum atomic E-state index is -0.0533. The number of ketones is 1. The molecular weight excluding hydrogens is 300 g/mol. The number of rotatable bonds is 0. The molecule has 0 N–H and O–H groups in total. The molecule has 0 aliphatic heterocycles. The maximum Gasteiger partial charge on any atom is 0.171 e. The summed E-state index contributed by atoms with van der Waals surface area (Å²) >= 11 is 3.60. The Kier molecular flexibility index (Phi) is 2.30. The van der Waals surface area contributed by atoms with Gasteiger partial charge in [-0.3, -0.25) is 4.79 Å². The molecule has 1 aromatic rings. The molecule has 0 heterocycles. The van der Waals surface area contributed by atoms with Crippen LogP contribution in [0, 0.1) is 11.8 Å². The summed E-state index contributed by atoms with van der Waals surface area (Å²) in [4.78, 5) is 12.6. The molecule has 0 amide bonds. The van der Waals surface area contributed by atoms with E-state index in [-0.39, 0.29) is 17.6 Å². The van der Waals surface area contributed by atoms with Crippen molar-refractivity contribution in [2.75, 3.05) is 0 Å². The first-order valence-electron chi connectivity index (χ1n) is 6.37. The number of allylic oxidation sites excluding steroid dienone is 8. The van der Waals surface area contributed by atoms with E-state index >= 15 is 0 Å². The summed E-state index contributed by atoms with van der Waals surface area (Å²) < 4.78 is 1.09. The highest BCUT2D eigenvalue weighted by Crippen LogP contribution is 2.49. The summed E-state index contributed by atoms with van der Waals surface area (Å²) in [6, 6.07) is 7.93. The second-order valence-corrected chi connectivity index (χ2v) is 5.91. The van der Waals surface area contributed by atoms with Crippen LogP contribution in [0.5, 0.6) is 0 Å². The lowest BCUT2D eigenvalue weighted by molar-refractivity contribution is 0.0925. The molecule has 3 aliphatic rings. The van der Waals surface area contributed by atoms with Crippen LogP contribution < -0.4 is 0 Å². The molecule has 2 atom stereocenters. The summed E-state index contributed by atoms with van der Waals surface area (Å²) in [5.74, 6) is 0.357. The average Bonchev–Trinajstić information content (AvgIpc) is 2.46. The molecule has 19 heavy (non-hydrogen) atoms. The molecule has 0 saturated heterocycles. The Hall–Kier alpha value is -1.67. The molecule has 4 rings (SSSR count). The van der Waals surface area contributed by atoms with Gasteiger partial charge in [0.05, 0.1) is 5.92 Å². The maximum atomic E-state index is 12.6. The van der Waals surface area contributed by atoms with E-state index in [1.807, 2.05) is 30.4 Å². The predicted molar refractivity (Wildman–Crippen MR) is 80.0 cm³/mol. The van der Waals surface area contributed by atoms with Gasteiger partial charge in [0.25, 0.3) is 0 Å². The lowest BCUT2D eigenvalue weighted by Crippen LogP contribution is -2.33. The van der Waals surface area contributed by atoms with Crippen LogP contribution in [0.2, 0.25) is 0 Å². The number of hydrogen-bond donors (Lipinski definition) is 0. The van der Waals surface area contributed by atoms with Crippen LogP contribution in [0.15, 0.2) is 64.7 Å². The molecule has 0 saturated carbocycles. The van der Waals surface area contributed by atoms with Gasteiger partial charge in [-0.2, -0.15) is 0 Å². The first-order chi connectivity index (χ1) is 9.27. The summed E-state index contributed by atoms with van der Waals surface area (Å²) in [7, 11) is 0. The maximum absolute atomic E-state index is 12.6. The summed E-state index contributed by atoms with van der Waals surface area (Å²) in [5, 5.41) is 0. The Balaban J connectivity index is 2.04. The van der Waals surface area contributed by atoms with Crippen LogP contribution in [0.1, 0.15) is 15.9 Å². The molecule has 0 radical (unpaired) electrons.